The minimum absolute atomic E-state index is 0.263. The molecule has 0 aromatic heterocycles. The molecule has 0 aliphatic rings. The molecule has 0 bridgehead atoms. The molecule has 1 aromatic carbocycles. The Kier molecular flexibility index (Phi) is 5.89. The van der Waals surface area contributed by atoms with Crippen LogP contribution in [-0.2, 0) is 14.3 Å². The summed E-state index contributed by atoms with van der Waals surface area (Å²) in [6.07, 6.45) is 2.15. The fraction of sp³-hybridized carbons (Fsp3) is 0.231. The average molecular weight is 284 g/mol. The number of hydrogen-bond donors (Lipinski definition) is 1. The van der Waals surface area contributed by atoms with E-state index in [1.54, 1.807) is 25.1 Å². The number of rotatable bonds is 5. The predicted molar refractivity (Wildman–Crippen MR) is 72.4 cm³/mol. The van der Waals surface area contributed by atoms with Crippen molar-refractivity contribution in [1.82, 2.24) is 0 Å². The highest BCUT2D eigenvalue weighted by Gasteiger charge is 2.04. The maximum atomic E-state index is 11.5. The van der Waals surface area contributed by atoms with E-state index in [2.05, 4.69) is 10.1 Å². The number of ether oxygens (including phenoxy) is 2. The van der Waals surface area contributed by atoms with Gasteiger partial charge in [0, 0.05) is 17.8 Å². The third-order valence-corrected chi connectivity index (χ3v) is 2.37. The molecule has 0 heterocycles. The summed E-state index contributed by atoms with van der Waals surface area (Å²) >= 11 is 5.91. The van der Waals surface area contributed by atoms with Crippen molar-refractivity contribution in [3.63, 3.8) is 0 Å². The van der Waals surface area contributed by atoms with E-state index in [0.717, 1.165) is 12.2 Å². The van der Waals surface area contributed by atoms with Crippen LogP contribution >= 0.6 is 11.6 Å². The Labute approximate surface area is 116 Å². The number of benzene rings is 1. The third-order valence-electron chi connectivity index (χ3n) is 2.08. The summed E-state index contributed by atoms with van der Waals surface area (Å²) in [5.41, 5.74) is 0.504. The number of carbonyl (C=O) groups is 2. The first-order valence-electron chi connectivity index (χ1n) is 5.56. The Hall–Kier alpha value is -2.01. The number of esters is 1. The number of methoxy groups -OCH3 is 1. The van der Waals surface area contributed by atoms with Gasteiger partial charge in [-0.05, 0) is 25.1 Å². The van der Waals surface area contributed by atoms with Crippen LogP contribution in [0.25, 0.3) is 0 Å². The fourth-order valence-corrected chi connectivity index (χ4v) is 1.52. The van der Waals surface area contributed by atoms with Crippen LogP contribution in [0.2, 0.25) is 5.02 Å². The largest absolute Gasteiger partial charge is 0.495 e. The monoisotopic (exact) mass is 283 g/mol. The van der Waals surface area contributed by atoms with E-state index >= 15 is 0 Å². The standard InChI is InChI=1S/C13H14ClNO4/c1-3-19-13(17)7-6-12(16)15-9-4-5-11(18-2)10(14)8-9/h4-8H,3H2,1-2H3,(H,15,16)/b7-6+. The van der Waals surface area contributed by atoms with Gasteiger partial charge in [0.05, 0.1) is 18.7 Å². The SMILES string of the molecule is CCOC(=O)/C=C/C(=O)Nc1ccc(OC)c(Cl)c1. The van der Waals surface area contributed by atoms with Gasteiger partial charge in [-0.15, -0.1) is 0 Å². The Balaban J connectivity index is 2.62. The van der Waals surface area contributed by atoms with Gasteiger partial charge in [-0.25, -0.2) is 4.79 Å². The molecule has 102 valence electrons. The van der Waals surface area contributed by atoms with Gasteiger partial charge in [-0.2, -0.15) is 0 Å². The zero-order chi connectivity index (χ0) is 14.3. The molecule has 0 unspecified atom stereocenters. The summed E-state index contributed by atoms with van der Waals surface area (Å²) in [5.74, 6) is -0.499. The molecule has 0 saturated carbocycles. The molecule has 0 spiro atoms. The average Bonchev–Trinajstić information content (AvgIpc) is 2.37. The van der Waals surface area contributed by atoms with Crippen molar-refractivity contribution in [3.8, 4) is 5.75 Å². The Bertz CT molecular complexity index is 499. The zero-order valence-corrected chi connectivity index (χ0v) is 11.4. The molecular weight excluding hydrogens is 270 g/mol. The van der Waals surface area contributed by atoms with Crippen LogP contribution < -0.4 is 10.1 Å². The van der Waals surface area contributed by atoms with E-state index < -0.39 is 11.9 Å². The lowest BCUT2D eigenvalue weighted by molar-refractivity contribution is -0.137. The van der Waals surface area contributed by atoms with Crippen molar-refractivity contribution >= 4 is 29.2 Å². The van der Waals surface area contributed by atoms with Gasteiger partial charge >= 0.3 is 5.97 Å². The molecule has 0 fully saturated rings. The highest BCUT2D eigenvalue weighted by Crippen LogP contribution is 2.27. The quantitative estimate of drug-likeness (QED) is 0.666. The topological polar surface area (TPSA) is 64.6 Å². The first kappa shape index (κ1) is 15.0. The van der Waals surface area contributed by atoms with Gasteiger partial charge in [-0.1, -0.05) is 11.6 Å². The van der Waals surface area contributed by atoms with Crippen LogP contribution in [0.15, 0.2) is 30.4 Å². The van der Waals surface area contributed by atoms with Gasteiger partial charge in [0.1, 0.15) is 5.75 Å². The normalized spacial score (nSPS) is 10.3. The highest BCUT2D eigenvalue weighted by atomic mass is 35.5. The molecule has 1 N–H and O–H groups in total. The van der Waals surface area contributed by atoms with Crippen LogP contribution in [0.4, 0.5) is 5.69 Å². The number of amides is 1. The minimum Gasteiger partial charge on any atom is -0.495 e. The lowest BCUT2D eigenvalue weighted by Gasteiger charge is -2.06. The third kappa shape index (κ3) is 5.01. The number of anilines is 1. The van der Waals surface area contributed by atoms with Crippen molar-refractivity contribution in [2.75, 3.05) is 19.0 Å². The molecule has 6 heteroatoms. The van der Waals surface area contributed by atoms with Gasteiger partial charge in [0.2, 0.25) is 5.91 Å². The maximum Gasteiger partial charge on any atom is 0.330 e. The Morgan fingerprint density at radius 1 is 1.37 bits per heavy atom. The van der Waals surface area contributed by atoms with Gasteiger partial charge in [0.15, 0.2) is 0 Å². The molecule has 1 amide bonds. The second-order valence-electron chi connectivity index (χ2n) is 3.42. The molecular formula is C13H14ClNO4. The van der Waals surface area contributed by atoms with Crippen molar-refractivity contribution < 1.29 is 19.1 Å². The van der Waals surface area contributed by atoms with E-state index in [0.29, 0.717) is 16.5 Å². The lowest BCUT2D eigenvalue weighted by Crippen LogP contribution is -2.09. The number of halogens is 1. The van der Waals surface area contributed by atoms with E-state index in [9.17, 15) is 9.59 Å². The summed E-state index contributed by atoms with van der Waals surface area (Å²) in [7, 11) is 1.50. The van der Waals surface area contributed by atoms with E-state index in [4.69, 9.17) is 16.3 Å². The lowest BCUT2D eigenvalue weighted by atomic mass is 10.3. The van der Waals surface area contributed by atoms with Crippen LogP contribution in [0, 0.1) is 0 Å². The van der Waals surface area contributed by atoms with E-state index in [-0.39, 0.29) is 6.61 Å². The molecule has 0 aliphatic carbocycles. The fourth-order valence-electron chi connectivity index (χ4n) is 1.26. The van der Waals surface area contributed by atoms with Crippen LogP contribution in [-0.4, -0.2) is 25.6 Å². The van der Waals surface area contributed by atoms with Crippen molar-refractivity contribution in [2.45, 2.75) is 6.92 Å². The summed E-state index contributed by atoms with van der Waals surface area (Å²) in [5, 5.41) is 2.94. The van der Waals surface area contributed by atoms with Crippen molar-refractivity contribution in [2.24, 2.45) is 0 Å². The second kappa shape index (κ2) is 7.43. The zero-order valence-electron chi connectivity index (χ0n) is 10.6. The second-order valence-corrected chi connectivity index (χ2v) is 3.83. The first-order chi connectivity index (χ1) is 9.06. The first-order valence-corrected chi connectivity index (χ1v) is 5.94. The Morgan fingerprint density at radius 2 is 2.11 bits per heavy atom. The molecule has 0 saturated heterocycles. The van der Waals surface area contributed by atoms with Crippen LogP contribution in [0.5, 0.6) is 5.75 Å². The summed E-state index contributed by atoms with van der Waals surface area (Å²) in [4.78, 5) is 22.5. The number of hydrogen-bond acceptors (Lipinski definition) is 4. The predicted octanol–water partition coefficient (Wildman–Crippen LogP) is 2.41. The van der Waals surface area contributed by atoms with Crippen molar-refractivity contribution in [3.05, 3.63) is 35.4 Å². The van der Waals surface area contributed by atoms with Gasteiger partial charge in [-0.3, -0.25) is 4.79 Å². The summed E-state index contributed by atoms with van der Waals surface area (Å²) < 4.78 is 9.64. The van der Waals surface area contributed by atoms with E-state index in [1.807, 2.05) is 0 Å². The van der Waals surface area contributed by atoms with Gasteiger partial charge in [0.25, 0.3) is 0 Å². The molecule has 1 rings (SSSR count). The summed E-state index contributed by atoms with van der Waals surface area (Å²) in [6, 6.07) is 4.82. The molecule has 1 aromatic rings. The molecule has 0 radical (unpaired) electrons. The number of carbonyl (C=O) groups excluding carboxylic acids is 2. The maximum absolute atomic E-state index is 11.5. The molecule has 19 heavy (non-hydrogen) atoms. The molecule has 5 nitrogen and oxygen atoms in total. The molecule has 0 atom stereocenters. The number of nitrogens with one attached hydrogen (secondary N) is 1. The van der Waals surface area contributed by atoms with Crippen LogP contribution in [0.1, 0.15) is 6.92 Å². The van der Waals surface area contributed by atoms with Crippen molar-refractivity contribution in [1.29, 1.82) is 0 Å². The van der Waals surface area contributed by atoms with Gasteiger partial charge < -0.3 is 14.8 Å². The minimum atomic E-state index is -0.564. The Morgan fingerprint density at radius 3 is 2.68 bits per heavy atom. The van der Waals surface area contributed by atoms with E-state index in [1.165, 1.54) is 7.11 Å². The summed E-state index contributed by atoms with van der Waals surface area (Å²) in [6.45, 7) is 1.95. The highest BCUT2D eigenvalue weighted by molar-refractivity contribution is 6.32. The molecule has 0 aliphatic heterocycles. The van der Waals surface area contributed by atoms with Crippen LogP contribution in [0.3, 0.4) is 0 Å². The smallest absolute Gasteiger partial charge is 0.330 e.